The molecule has 0 bridgehead atoms. The molecule has 0 aromatic carbocycles. The molecular weight excluding hydrogens is 233 g/mol. The molecule has 1 aliphatic rings. The zero-order valence-electron chi connectivity index (χ0n) is 5.13. The molecule has 0 saturated carbocycles. The third-order valence-electron chi connectivity index (χ3n) is 1.36. The average Bonchev–Trinajstić information content (AvgIpc) is 2.13. The number of rotatable bonds is 1. The van der Waals surface area contributed by atoms with E-state index in [0.717, 1.165) is 0 Å². The summed E-state index contributed by atoms with van der Waals surface area (Å²) in [6.07, 6.45) is 0. The third-order valence-corrected chi connectivity index (χ3v) is 2.08. The van der Waals surface area contributed by atoms with E-state index in [2.05, 4.69) is 0 Å². The molecule has 9 heavy (non-hydrogen) atoms. The predicted octanol–water partition coefficient (Wildman–Crippen LogP) is 0.236. The second kappa shape index (κ2) is 2.94. The number of carbonyl (C=O) groups excluding carboxylic acids is 1. The Morgan fingerprint density at radius 2 is 2.56 bits per heavy atom. The molecule has 1 aliphatic heterocycles. The van der Waals surface area contributed by atoms with Gasteiger partial charge < -0.3 is 4.74 Å². The summed E-state index contributed by atoms with van der Waals surface area (Å²) >= 11 is 1.80. The van der Waals surface area contributed by atoms with Crippen LogP contribution < -0.4 is 0 Å². The lowest BCUT2D eigenvalue weighted by Gasteiger charge is -2.10. The monoisotopic (exact) mass is 241 g/mol. The van der Waals surface area contributed by atoms with Crippen molar-refractivity contribution >= 4 is 26.4 Å². The standard InChI is InChI=1S/C5H8INO2/c1-7-3-9-2-4(7)5(6)8/h4H,2-3H2,1H3/t4-/m0/s1. The summed E-state index contributed by atoms with van der Waals surface area (Å²) in [5.41, 5.74) is 0. The quantitative estimate of drug-likeness (QED) is 0.486. The average molecular weight is 241 g/mol. The summed E-state index contributed by atoms with van der Waals surface area (Å²) in [4.78, 5) is 12.6. The number of carbonyl (C=O) groups is 1. The maximum atomic E-state index is 10.7. The van der Waals surface area contributed by atoms with Gasteiger partial charge in [0.05, 0.1) is 13.3 Å². The molecule has 0 aliphatic carbocycles. The van der Waals surface area contributed by atoms with Crippen molar-refractivity contribution < 1.29 is 9.53 Å². The highest BCUT2D eigenvalue weighted by molar-refractivity contribution is 14.1. The van der Waals surface area contributed by atoms with Crippen LogP contribution in [0.5, 0.6) is 0 Å². The number of hydrogen-bond donors (Lipinski definition) is 0. The first-order chi connectivity index (χ1) is 4.22. The van der Waals surface area contributed by atoms with Gasteiger partial charge in [-0.15, -0.1) is 0 Å². The van der Waals surface area contributed by atoms with E-state index in [1.54, 1.807) is 22.6 Å². The molecule has 0 unspecified atom stereocenters. The van der Waals surface area contributed by atoms with E-state index in [0.29, 0.717) is 13.3 Å². The van der Waals surface area contributed by atoms with Crippen LogP contribution in [0.3, 0.4) is 0 Å². The first-order valence-corrected chi connectivity index (χ1v) is 3.77. The van der Waals surface area contributed by atoms with Gasteiger partial charge in [0.1, 0.15) is 6.04 Å². The molecule has 1 heterocycles. The van der Waals surface area contributed by atoms with Crippen LogP contribution in [0.15, 0.2) is 0 Å². The summed E-state index contributed by atoms with van der Waals surface area (Å²) in [6.45, 7) is 1.14. The summed E-state index contributed by atoms with van der Waals surface area (Å²) in [6, 6.07) is -0.00870. The lowest BCUT2D eigenvalue weighted by atomic mass is 10.3. The van der Waals surface area contributed by atoms with Gasteiger partial charge in [0, 0.05) is 22.6 Å². The second-order valence-corrected chi connectivity index (χ2v) is 3.14. The second-order valence-electron chi connectivity index (χ2n) is 2.08. The molecule has 0 aromatic heterocycles. The molecule has 1 rings (SSSR count). The zero-order valence-corrected chi connectivity index (χ0v) is 7.29. The van der Waals surface area contributed by atoms with Gasteiger partial charge in [-0.2, -0.15) is 0 Å². The lowest BCUT2D eigenvalue weighted by molar-refractivity contribution is -0.112. The Morgan fingerprint density at radius 1 is 1.89 bits per heavy atom. The zero-order chi connectivity index (χ0) is 6.85. The topological polar surface area (TPSA) is 29.5 Å². The van der Waals surface area contributed by atoms with Gasteiger partial charge >= 0.3 is 0 Å². The molecular formula is C5H8INO2. The van der Waals surface area contributed by atoms with Crippen molar-refractivity contribution in [3.63, 3.8) is 0 Å². The number of hydrogen-bond acceptors (Lipinski definition) is 3. The molecule has 0 radical (unpaired) electrons. The summed E-state index contributed by atoms with van der Waals surface area (Å²) in [5, 5.41) is 0. The minimum Gasteiger partial charge on any atom is -0.364 e. The Hall–Kier alpha value is 0.320. The van der Waals surface area contributed by atoms with E-state index < -0.39 is 0 Å². The van der Waals surface area contributed by atoms with Crippen molar-refractivity contribution in [1.82, 2.24) is 4.90 Å². The van der Waals surface area contributed by atoms with Crippen LogP contribution in [0.1, 0.15) is 0 Å². The number of ether oxygens (including phenoxy) is 1. The fourth-order valence-corrected chi connectivity index (χ4v) is 1.42. The van der Waals surface area contributed by atoms with Crippen molar-refractivity contribution in [3.05, 3.63) is 0 Å². The molecule has 4 heteroatoms. The minimum absolute atomic E-state index is 0.00870. The smallest absolute Gasteiger partial charge is 0.211 e. The number of halogens is 1. The normalized spacial score (nSPS) is 28.9. The molecule has 0 spiro atoms. The van der Waals surface area contributed by atoms with Crippen LogP contribution in [0.2, 0.25) is 0 Å². The van der Waals surface area contributed by atoms with E-state index in [1.807, 2.05) is 11.9 Å². The minimum atomic E-state index is -0.00870. The SMILES string of the molecule is CN1COC[C@H]1C(=O)I. The molecule has 0 N–H and O–H groups in total. The van der Waals surface area contributed by atoms with Gasteiger partial charge in [-0.25, -0.2) is 0 Å². The lowest BCUT2D eigenvalue weighted by Crippen LogP contribution is -2.31. The number of likely N-dealkylation sites (N-methyl/N-ethyl adjacent to an activating group) is 1. The molecule has 3 nitrogen and oxygen atoms in total. The highest BCUT2D eigenvalue weighted by Gasteiger charge is 2.26. The third kappa shape index (κ3) is 1.62. The molecule has 52 valence electrons. The van der Waals surface area contributed by atoms with Gasteiger partial charge in [-0.1, -0.05) is 0 Å². The maximum absolute atomic E-state index is 10.7. The molecule has 1 atom stereocenters. The highest BCUT2D eigenvalue weighted by Crippen LogP contribution is 2.09. The van der Waals surface area contributed by atoms with Crippen LogP contribution in [0.25, 0.3) is 0 Å². The van der Waals surface area contributed by atoms with Gasteiger partial charge in [-0.05, 0) is 7.05 Å². The van der Waals surface area contributed by atoms with E-state index in [9.17, 15) is 4.79 Å². The van der Waals surface area contributed by atoms with Crippen molar-refractivity contribution in [2.24, 2.45) is 0 Å². The van der Waals surface area contributed by atoms with Crippen LogP contribution in [-0.4, -0.2) is 35.1 Å². The Balaban J connectivity index is 2.49. The van der Waals surface area contributed by atoms with Crippen molar-refractivity contribution in [1.29, 1.82) is 0 Å². The van der Waals surface area contributed by atoms with Crippen molar-refractivity contribution in [2.75, 3.05) is 20.4 Å². The fraction of sp³-hybridized carbons (Fsp3) is 0.800. The van der Waals surface area contributed by atoms with Gasteiger partial charge in [0.25, 0.3) is 0 Å². The summed E-state index contributed by atoms with van der Waals surface area (Å²) < 4.78 is 5.19. The van der Waals surface area contributed by atoms with Gasteiger partial charge in [0.2, 0.25) is 3.79 Å². The Labute approximate surface area is 67.5 Å². The van der Waals surface area contributed by atoms with E-state index in [4.69, 9.17) is 4.74 Å². The highest BCUT2D eigenvalue weighted by atomic mass is 127. The van der Waals surface area contributed by atoms with Crippen molar-refractivity contribution in [3.8, 4) is 0 Å². The largest absolute Gasteiger partial charge is 0.364 e. The Bertz CT molecular complexity index is 128. The first-order valence-electron chi connectivity index (χ1n) is 2.69. The van der Waals surface area contributed by atoms with Crippen LogP contribution >= 0.6 is 22.6 Å². The van der Waals surface area contributed by atoms with Crippen molar-refractivity contribution in [2.45, 2.75) is 6.04 Å². The number of nitrogens with zero attached hydrogens (tertiary/aromatic N) is 1. The van der Waals surface area contributed by atoms with E-state index in [1.165, 1.54) is 0 Å². The van der Waals surface area contributed by atoms with Crippen LogP contribution in [0.4, 0.5) is 0 Å². The fourth-order valence-electron chi connectivity index (χ4n) is 0.764. The summed E-state index contributed by atoms with van der Waals surface area (Å²) in [5.74, 6) is 0. The Morgan fingerprint density at radius 3 is 2.78 bits per heavy atom. The molecule has 0 aromatic rings. The predicted molar refractivity (Wildman–Crippen MR) is 41.4 cm³/mol. The van der Waals surface area contributed by atoms with Crippen LogP contribution in [-0.2, 0) is 9.53 Å². The molecule has 1 fully saturated rings. The maximum Gasteiger partial charge on any atom is 0.211 e. The van der Waals surface area contributed by atoms with Gasteiger partial charge in [-0.3, -0.25) is 9.69 Å². The summed E-state index contributed by atoms with van der Waals surface area (Å²) in [7, 11) is 1.88. The first kappa shape index (κ1) is 7.43. The van der Waals surface area contributed by atoms with E-state index >= 15 is 0 Å². The van der Waals surface area contributed by atoms with E-state index in [-0.39, 0.29) is 9.83 Å². The molecule has 0 amide bonds. The van der Waals surface area contributed by atoms with Gasteiger partial charge in [0.15, 0.2) is 0 Å². The van der Waals surface area contributed by atoms with Crippen LogP contribution in [0, 0.1) is 0 Å². The Kier molecular flexibility index (Phi) is 2.42. The molecule has 1 saturated heterocycles.